The predicted octanol–water partition coefficient (Wildman–Crippen LogP) is -0.633. The van der Waals surface area contributed by atoms with Gasteiger partial charge in [0.05, 0.1) is 18.4 Å². The number of nitrogens with two attached hydrogens (primary N) is 2. The Bertz CT molecular complexity index is 1020. The normalized spacial score (nSPS) is 28.8. The van der Waals surface area contributed by atoms with Crippen LogP contribution in [0.5, 0.6) is 0 Å². The molecule has 34 heavy (non-hydrogen) atoms. The van der Waals surface area contributed by atoms with Crippen LogP contribution in [0.1, 0.15) is 32.2 Å². The molecule has 0 radical (unpaired) electrons. The van der Waals surface area contributed by atoms with Crippen molar-refractivity contribution >= 4 is 26.2 Å². The van der Waals surface area contributed by atoms with Gasteiger partial charge in [-0.3, -0.25) is 9.93 Å². The number of nitrogens with zero attached hydrogens (tertiary/aromatic N) is 2. The first-order valence-electron chi connectivity index (χ1n) is 9.77. The number of phosphoric ester groups is 1. The molecule has 2 heterocycles. The molecule has 0 saturated carbocycles. The van der Waals surface area contributed by atoms with Crippen molar-refractivity contribution < 1.29 is 52.4 Å². The number of carbonyl (C=O) groups excluding carboxylic acids is 1. The molecule has 0 spiro atoms. The molecule has 5 atom stereocenters. The van der Waals surface area contributed by atoms with E-state index >= 15 is 4.39 Å². The van der Waals surface area contributed by atoms with Gasteiger partial charge < -0.3 is 34.9 Å². The molecule has 1 aromatic rings. The molecule has 16 heteroatoms. The summed E-state index contributed by atoms with van der Waals surface area (Å²) in [6.07, 6.45) is -4.22. The van der Waals surface area contributed by atoms with E-state index < -0.39 is 57.0 Å². The molecule has 0 aromatic carbocycles. The van der Waals surface area contributed by atoms with Crippen LogP contribution in [0.2, 0.25) is 0 Å². The highest BCUT2D eigenvalue weighted by Crippen LogP contribution is 2.51. The number of ether oxygens (including phenoxy) is 3. The van der Waals surface area contributed by atoms with Crippen LogP contribution < -0.4 is 11.1 Å². The van der Waals surface area contributed by atoms with Gasteiger partial charge in [0.1, 0.15) is 24.0 Å². The number of nitriles is 1. The van der Waals surface area contributed by atoms with Crippen molar-refractivity contribution in [1.29, 1.82) is 5.26 Å². The number of amidine groups is 1. The van der Waals surface area contributed by atoms with E-state index in [4.69, 9.17) is 20.4 Å². The summed E-state index contributed by atoms with van der Waals surface area (Å²) >= 11 is 0. The molecule has 1 unspecified atom stereocenters. The Morgan fingerprint density at radius 2 is 2.21 bits per heavy atom. The first kappa shape index (κ1) is 27.4. The average Bonchev–Trinajstić information content (AvgIpc) is 3.30. The predicted molar refractivity (Wildman–Crippen MR) is 112 cm³/mol. The molecule has 1 aliphatic rings. The number of aliphatic hydroxyl groups is 1. The SMILES string of the molecule is CC(C)OC(=O)OCOP(=O)(O)OC[C@H]1O[C@@](C#N)(c2ccc(C(N)=NC=[NH2+])[nH]2)[C@](C)(F)[C@@H]1O. The second-order valence-corrected chi connectivity index (χ2v) is 8.94. The summed E-state index contributed by atoms with van der Waals surface area (Å²) in [5, 5.41) is 25.4. The van der Waals surface area contributed by atoms with E-state index in [1.807, 2.05) is 0 Å². The number of rotatable bonds is 10. The molecule has 1 saturated heterocycles. The fourth-order valence-electron chi connectivity index (χ4n) is 3.08. The van der Waals surface area contributed by atoms with Gasteiger partial charge in [-0.15, -0.1) is 0 Å². The van der Waals surface area contributed by atoms with Crippen LogP contribution in [0.15, 0.2) is 17.1 Å². The minimum Gasteiger partial charge on any atom is -0.432 e. The highest BCUT2D eigenvalue weighted by Gasteiger charge is 2.66. The first-order chi connectivity index (χ1) is 15.8. The summed E-state index contributed by atoms with van der Waals surface area (Å²) in [4.78, 5) is 27.4. The lowest BCUT2D eigenvalue weighted by Crippen LogP contribution is -2.48. The second-order valence-electron chi connectivity index (χ2n) is 7.49. The third-order valence-corrected chi connectivity index (χ3v) is 5.67. The minimum absolute atomic E-state index is 0.0568. The Morgan fingerprint density at radius 1 is 1.53 bits per heavy atom. The highest BCUT2D eigenvalue weighted by atomic mass is 31.2. The van der Waals surface area contributed by atoms with Gasteiger partial charge in [0, 0.05) is 0 Å². The summed E-state index contributed by atoms with van der Waals surface area (Å²) < 4.78 is 51.4. The van der Waals surface area contributed by atoms with Crippen molar-refractivity contribution in [1.82, 2.24) is 4.98 Å². The molecule has 1 aliphatic heterocycles. The Balaban J connectivity index is 2.11. The Hall–Kier alpha value is -2.86. The van der Waals surface area contributed by atoms with Gasteiger partial charge >= 0.3 is 14.0 Å². The van der Waals surface area contributed by atoms with E-state index in [9.17, 15) is 24.6 Å². The average molecular weight is 506 g/mol. The van der Waals surface area contributed by atoms with E-state index in [2.05, 4.69) is 24.0 Å². The number of aliphatic hydroxyl groups excluding tert-OH is 1. The van der Waals surface area contributed by atoms with Crippen LogP contribution in [-0.4, -0.2) is 70.7 Å². The molecule has 14 nitrogen and oxygen atoms in total. The van der Waals surface area contributed by atoms with Crippen molar-refractivity contribution in [3.05, 3.63) is 23.5 Å². The number of aliphatic imine (C=N–C) groups is 1. The van der Waals surface area contributed by atoms with E-state index in [0.717, 1.165) is 13.3 Å². The van der Waals surface area contributed by atoms with Crippen LogP contribution in [0.4, 0.5) is 9.18 Å². The monoisotopic (exact) mass is 506 g/mol. The molecule has 188 valence electrons. The van der Waals surface area contributed by atoms with Crippen molar-refractivity contribution in [3.63, 3.8) is 0 Å². The smallest absolute Gasteiger partial charge is 0.432 e. The molecular weight excluding hydrogens is 480 g/mol. The molecule has 1 aromatic heterocycles. The van der Waals surface area contributed by atoms with Crippen molar-refractivity contribution in [2.24, 2.45) is 10.7 Å². The molecular formula is C18H26FN5O9P+. The third-order valence-electron chi connectivity index (χ3n) is 4.76. The number of H-pyrrole nitrogens is 1. The van der Waals surface area contributed by atoms with E-state index in [1.165, 1.54) is 12.1 Å². The van der Waals surface area contributed by atoms with Crippen molar-refractivity contribution in [2.75, 3.05) is 13.4 Å². The largest absolute Gasteiger partial charge is 0.510 e. The van der Waals surface area contributed by atoms with Crippen LogP contribution in [0.3, 0.4) is 0 Å². The van der Waals surface area contributed by atoms with Gasteiger partial charge in [0.15, 0.2) is 5.67 Å². The van der Waals surface area contributed by atoms with Crippen molar-refractivity contribution in [2.45, 2.75) is 50.4 Å². The van der Waals surface area contributed by atoms with Gasteiger partial charge in [-0.25, -0.2) is 18.3 Å². The zero-order valence-corrected chi connectivity index (χ0v) is 19.4. The van der Waals surface area contributed by atoms with Gasteiger partial charge in [0.25, 0.3) is 12.2 Å². The molecule has 0 amide bonds. The highest BCUT2D eigenvalue weighted by molar-refractivity contribution is 7.47. The lowest BCUT2D eigenvalue weighted by atomic mass is 9.82. The summed E-state index contributed by atoms with van der Waals surface area (Å²) in [5.41, 5.74) is 0.738. The number of alkyl halides is 1. The number of halogens is 1. The number of carbonyl (C=O) groups is 1. The zero-order chi connectivity index (χ0) is 25.7. The number of aromatic nitrogens is 1. The lowest BCUT2D eigenvalue weighted by Gasteiger charge is -2.30. The summed E-state index contributed by atoms with van der Waals surface area (Å²) in [6, 6.07) is 4.40. The quantitative estimate of drug-likeness (QED) is 0.0882. The summed E-state index contributed by atoms with van der Waals surface area (Å²) in [6.45, 7) is 2.21. The number of phosphoric acid groups is 1. The van der Waals surface area contributed by atoms with E-state index in [0.29, 0.717) is 0 Å². The Labute approximate surface area is 193 Å². The fraction of sp³-hybridized carbons (Fsp3) is 0.556. The van der Waals surface area contributed by atoms with Gasteiger partial charge in [-0.1, -0.05) is 0 Å². The molecule has 1 fully saturated rings. The van der Waals surface area contributed by atoms with Crippen LogP contribution in [0, 0.1) is 11.3 Å². The zero-order valence-electron chi connectivity index (χ0n) is 18.5. The Kier molecular flexibility index (Phi) is 8.54. The van der Waals surface area contributed by atoms with E-state index in [1.54, 1.807) is 19.9 Å². The molecule has 0 bridgehead atoms. The van der Waals surface area contributed by atoms with Gasteiger partial charge in [-0.05, 0) is 37.9 Å². The summed E-state index contributed by atoms with van der Waals surface area (Å²) in [7, 11) is -4.83. The number of aromatic amines is 1. The minimum atomic E-state index is -4.83. The van der Waals surface area contributed by atoms with Crippen LogP contribution in [0.25, 0.3) is 0 Å². The second kappa shape index (κ2) is 10.6. The maximum Gasteiger partial charge on any atom is 0.510 e. The topological polar surface area (TPSA) is 224 Å². The van der Waals surface area contributed by atoms with Crippen molar-refractivity contribution in [3.8, 4) is 6.07 Å². The molecule has 0 aliphatic carbocycles. The lowest BCUT2D eigenvalue weighted by molar-refractivity contribution is -0.106. The van der Waals surface area contributed by atoms with Gasteiger partial charge in [0.2, 0.25) is 12.4 Å². The number of nitrogens with one attached hydrogen (secondary N) is 1. The maximum atomic E-state index is 15.6. The number of hydrogen-bond donors (Lipinski definition) is 5. The van der Waals surface area contributed by atoms with Crippen LogP contribution in [-0.2, 0) is 33.4 Å². The maximum absolute atomic E-state index is 15.6. The molecule has 7 N–H and O–H groups in total. The number of hydrogen-bond acceptors (Lipinski definition) is 9. The Morgan fingerprint density at radius 3 is 2.79 bits per heavy atom. The van der Waals surface area contributed by atoms with Crippen LogP contribution >= 0.6 is 7.82 Å². The molecule has 2 rings (SSSR count). The fourth-order valence-corrected chi connectivity index (χ4v) is 3.68. The van der Waals surface area contributed by atoms with Gasteiger partial charge in [-0.2, -0.15) is 5.26 Å². The third kappa shape index (κ3) is 5.79. The first-order valence-corrected chi connectivity index (χ1v) is 11.3. The summed E-state index contributed by atoms with van der Waals surface area (Å²) in [5.74, 6) is -0.0568. The van der Waals surface area contributed by atoms with E-state index in [-0.39, 0.29) is 17.2 Å². The standard InChI is InChI=1S/C18H25FN5O9P/c1-10(2)32-16(26)29-9-31-34(27,28)30-6-12-14(25)17(3,19)18(7-20,33-12)13-5-4-11(24-13)15(22)23-8-21/h4-5,8,10,12,14,24-25H,6,9H2,1-3H3,(H,27,28)(H3,21,22,23)/p+1/t12-,14-,17-,18+/m1/s1.